The molecule has 0 radical (unpaired) electrons. The molecule has 0 aliphatic heterocycles. The van der Waals surface area contributed by atoms with Crippen molar-refractivity contribution in [2.45, 2.75) is 25.8 Å². The Morgan fingerprint density at radius 1 is 1.67 bits per heavy atom. The van der Waals surface area contributed by atoms with Gasteiger partial charge in [0.15, 0.2) is 0 Å². The first-order valence-corrected chi connectivity index (χ1v) is 4.83. The zero-order valence-electron chi connectivity index (χ0n) is 9.32. The number of nitrogens with zero attached hydrogens (tertiary/aromatic N) is 2. The van der Waals surface area contributed by atoms with Crippen LogP contribution in [0.2, 0.25) is 0 Å². The van der Waals surface area contributed by atoms with Crippen molar-refractivity contribution in [3.05, 3.63) is 18.2 Å². The second-order valence-electron chi connectivity index (χ2n) is 4.22. The predicted molar refractivity (Wildman–Crippen MR) is 56.2 cm³/mol. The Labute approximate surface area is 89.1 Å². The molecule has 0 spiro atoms. The van der Waals surface area contributed by atoms with Gasteiger partial charge in [0, 0.05) is 19.4 Å². The fourth-order valence-corrected chi connectivity index (χ4v) is 1.17. The largest absolute Gasteiger partial charge is 0.394 e. The lowest BCUT2D eigenvalue weighted by molar-refractivity contribution is -0.122. The van der Waals surface area contributed by atoms with E-state index in [1.54, 1.807) is 30.8 Å². The van der Waals surface area contributed by atoms with Crippen LogP contribution in [-0.4, -0.2) is 32.7 Å². The van der Waals surface area contributed by atoms with Crippen molar-refractivity contribution in [3.63, 3.8) is 0 Å². The molecule has 1 aromatic rings. The highest BCUT2D eigenvalue weighted by Gasteiger charge is 2.19. The predicted octanol–water partition coefficient (Wildman–Crippen LogP) is -0.150. The van der Waals surface area contributed by atoms with Gasteiger partial charge in [0.1, 0.15) is 5.82 Å². The molecule has 0 aliphatic rings. The van der Waals surface area contributed by atoms with Gasteiger partial charge in [0.2, 0.25) is 5.91 Å². The number of aliphatic hydroxyl groups is 1. The van der Waals surface area contributed by atoms with Gasteiger partial charge in [-0.1, -0.05) is 0 Å². The molecule has 5 nitrogen and oxygen atoms in total. The average molecular weight is 211 g/mol. The van der Waals surface area contributed by atoms with Crippen LogP contribution in [0.5, 0.6) is 0 Å². The minimum Gasteiger partial charge on any atom is -0.394 e. The standard InChI is InChI=1S/C10H17N3O2/c1-10(2,7-14)12-9(15)6-8-11-4-5-13(8)3/h4-5,14H,6-7H2,1-3H3,(H,12,15). The van der Waals surface area contributed by atoms with E-state index in [9.17, 15) is 4.79 Å². The summed E-state index contributed by atoms with van der Waals surface area (Å²) in [5, 5.41) is 11.7. The summed E-state index contributed by atoms with van der Waals surface area (Å²) in [5.74, 6) is 0.574. The van der Waals surface area contributed by atoms with E-state index >= 15 is 0 Å². The number of carbonyl (C=O) groups is 1. The Bertz CT molecular complexity index is 344. The molecule has 0 saturated carbocycles. The molecule has 1 rings (SSSR count). The van der Waals surface area contributed by atoms with Crippen LogP contribution in [0.1, 0.15) is 19.7 Å². The van der Waals surface area contributed by atoms with Gasteiger partial charge in [-0.15, -0.1) is 0 Å². The van der Waals surface area contributed by atoms with E-state index in [0.717, 1.165) is 0 Å². The van der Waals surface area contributed by atoms with Crippen molar-refractivity contribution in [1.29, 1.82) is 0 Å². The summed E-state index contributed by atoms with van der Waals surface area (Å²) in [6.07, 6.45) is 3.67. The highest BCUT2D eigenvalue weighted by Crippen LogP contribution is 2.01. The van der Waals surface area contributed by atoms with Crippen LogP contribution in [0.4, 0.5) is 0 Å². The lowest BCUT2D eigenvalue weighted by Crippen LogP contribution is -2.47. The highest BCUT2D eigenvalue weighted by atomic mass is 16.3. The summed E-state index contributed by atoms with van der Waals surface area (Å²) in [5.41, 5.74) is -0.581. The smallest absolute Gasteiger partial charge is 0.228 e. The van der Waals surface area contributed by atoms with Gasteiger partial charge < -0.3 is 15.0 Å². The molecule has 0 unspecified atom stereocenters. The zero-order chi connectivity index (χ0) is 11.5. The molecule has 5 heteroatoms. The molecule has 15 heavy (non-hydrogen) atoms. The summed E-state index contributed by atoms with van der Waals surface area (Å²) in [4.78, 5) is 15.6. The molecular weight excluding hydrogens is 194 g/mol. The summed E-state index contributed by atoms with van der Waals surface area (Å²) < 4.78 is 1.80. The molecule has 1 amide bonds. The van der Waals surface area contributed by atoms with Crippen LogP contribution < -0.4 is 5.32 Å². The Hall–Kier alpha value is -1.36. The number of aryl methyl sites for hydroxylation is 1. The van der Waals surface area contributed by atoms with Crippen molar-refractivity contribution < 1.29 is 9.90 Å². The van der Waals surface area contributed by atoms with Crippen molar-refractivity contribution in [2.24, 2.45) is 7.05 Å². The zero-order valence-corrected chi connectivity index (χ0v) is 9.32. The molecule has 1 heterocycles. The van der Waals surface area contributed by atoms with E-state index < -0.39 is 5.54 Å². The van der Waals surface area contributed by atoms with Gasteiger partial charge in [-0.05, 0) is 13.8 Å². The minimum absolute atomic E-state index is 0.0840. The Morgan fingerprint density at radius 2 is 2.33 bits per heavy atom. The first-order valence-electron chi connectivity index (χ1n) is 4.83. The summed E-state index contributed by atoms with van der Waals surface area (Å²) in [7, 11) is 1.84. The van der Waals surface area contributed by atoms with Crippen LogP contribution in [0.15, 0.2) is 12.4 Å². The van der Waals surface area contributed by atoms with Crippen LogP contribution in [-0.2, 0) is 18.3 Å². The fraction of sp³-hybridized carbons (Fsp3) is 0.600. The topological polar surface area (TPSA) is 67.2 Å². The summed E-state index contributed by atoms with van der Waals surface area (Å²) in [6.45, 7) is 3.45. The molecule has 2 N–H and O–H groups in total. The third-order valence-corrected chi connectivity index (χ3v) is 2.11. The van der Waals surface area contributed by atoms with Gasteiger partial charge in [0.25, 0.3) is 0 Å². The molecule has 1 aromatic heterocycles. The second-order valence-corrected chi connectivity index (χ2v) is 4.22. The number of aromatic nitrogens is 2. The minimum atomic E-state index is -0.581. The summed E-state index contributed by atoms with van der Waals surface area (Å²) in [6, 6.07) is 0. The first kappa shape index (κ1) is 11.7. The van der Waals surface area contributed by atoms with E-state index in [2.05, 4.69) is 10.3 Å². The van der Waals surface area contributed by atoms with Crippen LogP contribution in [0.3, 0.4) is 0 Å². The molecule has 0 bridgehead atoms. The Morgan fingerprint density at radius 3 is 2.80 bits per heavy atom. The van der Waals surface area contributed by atoms with Gasteiger partial charge >= 0.3 is 0 Å². The SMILES string of the molecule is Cn1ccnc1CC(=O)NC(C)(C)CO. The normalized spacial score (nSPS) is 11.5. The van der Waals surface area contributed by atoms with E-state index in [0.29, 0.717) is 5.82 Å². The quantitative estimate of drug-likeness (QED) is 0.728. The van der Waals surface area contributed by atoms with E-state index in [1.165, 1.54) is 0 Å². The Balaban J connectivity index is 2.54. The lowest BCUT2D eigenvalue weighted by atomic mass is 10.1. The molecule has 0 saturated heterocycles. The monoisotopic (exact) mass is 211 g/mol. The molecule has 0 fully saturated rings. The third-order valence-electron chi connectivity index (χ3n) is 2.11. The van der Waals surface area contributed by atoms with E-state index in [-0.39, 0.29) is 18.9 Å². The molecule has 84 valence electrons. The van der Waals surface area contributed by atoms with Gasteiger partial charge in [-0.3, -0.25) is 4.79 Å². The molecular formula is C10H17N3O2. The number of rotatable bonds is 4. The number of amides is 1. The lowest BCUT2D eigenvalue weighted by Gasteiger charge is -2.23. The van der Waals surface area contributed by atoms with Gasteiger partial charge in [-0.2, -0.15) is 0 Å². The molecule has 0 aliphatic carbocycles. The van der Waals surface area contributed by atoms with Crippen LogP contribution >= 0.6 is 0 Å². The van der Waals surface area contributed by atoms with Crippen molar-refractivity contribution in [1.82, 2.24) is 14.9 Å². The summed E-state index contributed by atoms with van der Waals surface area (Å²) >= 11 is 0. The molecule has 0 atom stereocenters. The van der Waals surface area contributed by atoms with Crippen molar-refractivity contribution >= 4 is 5.91 Å². The highest BCUT2D eigenvalue weighted by molar-refractivity contribution is 5.78. The van der Waals surface area contributed by atoms with Crippen LogP contribution in [0, 0.1) is 0 Å². The first-order chi connectivity index (χ1) is 6.94. The second kappa shape index (κ2) is 4.44. The Kier molecular flexibility index (Phi) is 3.47. The number of hydrogen-bond donors (Lipinski definition) is 2. The van der Waals surface area contributed by atoms with Gasteiger partial charge in [-0.25, -0.2) is 4.98 Å². The van der Waals surface area contributed by atoms with E-state index in [4.69, 9.17) is 5.11 Å². The number of hydrogen-bond acceptors (Lipinski definition) is 3. The third kappa shape index (κ3) is 3.36. The average Bonchev–Trinajstić information content (AvgIpc) is 2.51. The molecule has 0 aromatic carbocycles. The van der Waals surface area contributed by atoms with Crippen molar-refractivity contribution in [3.8, 4) is 0 Å². The number of aliphatic hydroxyl groups excluding tert-OH is 1. The van der Waals surface area contributed by atoms with Crippen LogP contribution in [0.25, 0.3) is 0 Å². The maximum atomic E-state index is 11.6. The number of carbonyl (C=O) groups excluding carboxylic acids is 1. The maximum absolute atomic E-state index is 11.6. The maximum Gasteiger partial charge on any atom is 0.228 e. The fourth-order valence-electron chi connectivity index (χ4n) is 1.17. The number of imidazole rings is 1. The number of nitrogens with one attached hydrogen (secondary N) is 1. The van der Waals surface area contributed by atoms with E-state index in [1.807, 2.05) is 7.05 Å². The van der Waals surface area contributed by atoms with Crippen molar-refractivity contribution in [2.75, 3.05) is 6.61 Å². The van der Waals surface area contributed by atoms with Gasteiger partial charge in [0.05, 0.1) is 18.6 Å².